The topological polar surface area (TPSA) is 108 Å². The fraction of sp³-hybridized carbons (Fsp3) is 0.0435. The van der Waals surface area contributed by atoms with E-state index in [0.29, 0.717) is 32.7 Å². The molecular formula is C23H17ClN6O2S. The number of carbonyl (C=O) groups excluding carboxylic acids is 1. The Morgan fingerprint density at radius 3 is 2.52 bits per heavy atom. The zero-order valence-electron chi connectivity index (χ0n) is 17.1. The number of nitrogens with zero attached hydrogens (tertiary/aromatic N) is 3. The fourth-order valence-electron chi connectivity index (χ4n) is 3.40. The third-order valence-corrected chi connectivity index (χ3v) is 6.06. The maximum atomic E-state index is 12.6. The highest BCUT2D eigenvalue weighted by Gasteiger charge is 2.17. The predicted octanol–water partition coefficient (Wildman–Crippen LogP) is 4.49. The second-order valence-corrected chi connectivity index (χ2v) is 8.54. The first-order chi connectivity index (χ1) is 16.1. The molecule has 2 heterocycles. The Kier molecular flexibility index (Phi) is 5.72. The van der Waals surface area contributed by atoms with E-state index in [1.54, 1.807) is 30.3 Å². The van der Waals surface area contributed by atoms with E-state index in [9.17, 15) is 9.59 Å². The van der Waals surface area contributed by atoms with Crippen molar-refractivity contribution in [1.82, 2.24) is 24.7 Å². The van der Waals surface area contributed by atoms with E-state index in [2.05, 4.69) is 25.5 Å². The van der Waals surface area contributed by atoms with Crippen molar-refractivity contribution in [1.29, 1.82) is 0 Å². The first-order valence-corrected chi connectivity index (χ1v) is 11.3. The van der Waals surface area contributed by atoms with Crippen LogP contribution >= 0.6 is 23.4 Å². The average molecular weight is 477 g/mol. The number of benzene rings is 3. The van der Waals surface area contributed by atoms with Gasteiger partial charge in [-0.2, -0.15) is 0 Å². The molecule has 0 saturated heterocycles. The molecule has 0 bridgehead atoms. The van der Waals surface area contributed by atoms with Crippen LogP contribution in [0.1, 0.15) is 0 Å². The highest BCUT2D eigenvalue weighted by atomic mass is 35.5. The summed E-state index contributed by atoms with van der Waals surface area (Å²) >= 11 is 7.34. The predicted molar refractivity (Wildman–Crippen MR) is 130 cm³/mol. The lowest BCUT2D eigenvalue weighted by Crippen LogP contribution is -2.14. The van der Waals surface area contributed by atoms with Crippen LogP contribution in [0.3, 0.4) is 0 Å². The molecule has 0 atom stereocenters. The smallest absolute Gasteiger partial charge is 0.323 e. The van der Waals surface area contributed by atoms with Crippen LogP contribution in [0.2, 0.25) is 5.02 Å². The number of thioether (sulfide) groups is 1. The maximum Gasteiger partial charge on any atom is 0.323 e. The number of nitrogens with one attached hydrogen (secondary N) is 3. The van der Waals surface area contributed by atoms with Crippen molar-refractivity contribution >= 4 is 46.0 Å². The summed E-state index contributed by atoms with van der Waals surface area (Å²) in [4.78, 5) is 29.4. The standard InChI is InChI=1S/C23H17ClN6O2S/c24-15-6-9-17(10-7-15)30-21(14-4-2-1-3-5-14)28-29-23(30)33-13-20(31)25-16-8-11-18-19(12-16)27-22(32)26-18/h1-12H,13H2,(H,25,31)(H2,26,27,32). The fourth-order valence-corrected chi connectivity index (χ4v) is 4.28. The quantitative estimate of drug-likeness (QED) is 0.313. The van der Waals surface area contributed by atoms with Crippen molar-refractivity contribution in [2.45, 2.75) is 5.16 Å². The second kappa shape index (κ2) is 8.97. The number of anilines is 1. The van der Waals surface area contributed by atoms with Gasteiger partial charge in [0.15, 0.2) is 11.0 Å². The zero-order chi connectivity index (χ0) is 22.8. The van der Waals surface area contributed by atoms with Gasteiger partial charge in [0.05, 0.1) is 16.8 Å². The molecule has 1 amide bonds. The van der Waals surface area contributed by atoms with E-state index in [0.717, 1.165) is 11.3 Å². The number of amides is 1. The molecule has 0 spiro atoms. The number of aromatic nitrogens is 5. The summed E-state index contributed by atoms with van der Waals surface area (Å²) in [7, 11) is 0. The zero-order valence-corrected chi connectivity index (χ0v) is 18.7. The molecule has 8 nitrogen and oxygen atoms in total. The van der Waals surface area contributed by atoms with E-state index >= 15 is 0 Å². The number of H-pyrrole nitrogens is 2. The lowest BCUT2D eigenvalue weighted by atomic mass is 10.2. The van der Waals surface area contributed by atoms with Crippen molar-refractivity contribution in [3.8, 4) is 17.1 Å². The summed E-state index contributed by atoms with van der Waals surface area (Å²) < 4.78 is 1.90. The molecule has 5 rings (SSSR count). The molecule has 5 aromatic rings. The number of halogens is 1. The van der Waals surface area contributed by atoms with Crippen LogP contribution in [0.4, 0.5) is 5.69 Å². The number of rotatable bonds is 6. The summed E-state index contributed by atoms with van der Waals surface area (Å²) in [6.07, 6.45) is 0. The molecule has 164 valence electrons. The summed E-state index contributed by atoms with van der Waals surface area (Å²) in [5, 5.41) is 12.8. The normalized spacial score (nSPS) is 11.1. The van der Waals surface area contributed by atoms with Gasteiger partial charge in [0.1, 0.15) is 0 Å². The summed E-state index contributed by atoms with van der Waals surface area (Å²) in [5.41, 5.74) is 3.35. The highest BCUT2D eigenvalue weighted by molar-refractivity contribution is 7.99. The first kappa shape index (κ1) is 21.0. The maximum absolute atomic E-state index is 12.6. The molecule has 3 aromatic carbocycles. The number of hydrogen-bond donors (Lipinski definition) is 3. The van der Waals surface area contributed by atoms with Gasteiger partial charge in [-0.05, 0) is 42.5 Å². The Labute approximate surface area is 197 Å². The van der Waals surface area contributed by atoms with Crippen LogP contribution in [0.5, 0.6) is 0 Å². The summed E-state index contributed by atoms with van der Waals surface area (Å²) in [6.45, 7) is 0. The SMILES string of the molecule is O=C(CSc1nnc(-c2ccccc2)n1-c1ccc(Cl)cc1)Nc1ccc2[nH]c(=O)[nH]c2c1. The van der Waals surface area contributed by atoms with E-state index in [4.69, 9.17) is 11.6 Å². The molecule has 0 radical (unpaired) electrons. The molecule has 0 aliphatic carbocycles. The molecule has 0 aliphatic rings. The average Bonchev–Trinajstić information content (AvgIpc) is 3.41. The highest BCUT2D eigenvalue weighted by Crippen LogP contribution is 2.28. The van der Waals surface area contributed by atoms with Gasteiger partial charge >= 0.3 is 5.69 Å². The van der Waals surface area contributed by atoms with E-state index in [-0.39, 0.29) is 17.3 Å². The van der Waals surface area contributed by atoms with Crippen molar-refractivity contribution in [3.63, 3.8) is 0 Å². The van der Waals surface area contributed by atoms with E-state index in [1.165, 1.54) is 11.8 Å². The van der Waals surface area contributed by atoms with Crippen molar-refractivity contribution < 1.29 is 4.79 Å². The van der Waals surface area contributed by atoms with E-state index in [1.807, 2.05) is 47.0 Å². The number of aromatic amines is 2. The molecule has 3 N–H and O–H groups in total. The van der Waals surface area contributed by atoms with Gasteiger partial charge in [0, 0.05) is 22.0 Å². The summed E-state index contributed by atoms with van der Waals surface area (Å²) in [5.74, 6) is 0.592. The number of carbonyl (C=O) groups is 1. The number of hydrogen-bond acceptors (Lipinski definition) is 5. The molecule has 0 fully saturated rings. The monoisotopic (exact) mass is 476 g/mol. The molecule has 0 aliphatic heterocycles. The first-order valence-electron chi connectivity index (χ1n) is 9.98. The third kappa shape index (κ3) is 4.55. The van der Waals surface area contributed by atoms with Crippen molar-refractivity contribution in [2.75, 3.05) is 11.1 Å². The molecular weight excluding hydrogens is 460 g/mol. The Morgan fingerprint density at radius 1 is 0.970 bits per heavy atom. The van der Waals surface area contributed by atoms with Gasteiger partial charge in [-0.1, -0.05) is 53.7 Å². The van der Waals surface area contributed by atoms with Crippen LogP contribution in [0, 0.1) is 0 Å². The van der Waals surface area contributed by atoms with Gasteiger partial charge in [-0.15, -0.1) is 10.2 Å². The lowest BCUT2D eigenvalue weighted by molar-refractivity contribution is -0.113. The third-order valence-electron chi connectivity index (χ3n) is 4.88. The van der Waals surface area contributed by atoms with Crippen LogP contribution in [-0.4, -0.2) is 36.4 Å². The number of fused-ring (bicyclic) bond motifs is 1. The van der Waals surface area contributed by atoms with Crippen LogP contribution in [-0.2, 0) is 4.79 Å². The molecule has 0 unspecified atom stereocenters. The van der Waals surface area contributed by atoms with Gasteiger partial charge in [-0.25, -0.2) is 4.79 Å². The van der Waals surface area contributed by atoms with Crippen LogP contribution in [0.25, 0.3) is 28.1 Å². The molecule has 10 heteroatoms. The minimum atomic E-state index is -0.292. The van der Waals surface area contributed by atoms with Crippen LogP contribution in [0.15, 0.2) is 82.7 Å². The van der Waals surface area contributed by atoms with Crippen molar-refractivity contribution in [3.05, 3.63) is 88.3 Å². The minimum Gasteiger partial charge on any atom is -0.325 e. The minimum absolute atomic E-state index is 0.127. The van der Waals surface area contributed by atoms with E-state index < -0.39 is 0 Å². The molecule has 33 heavy (non-hydrogen) atoms. The number of imidazole rings is 1. The molecule has 0 saturated carbocycles. The van der Waals surface area contributed by atoms with Gasteiger partial charge in [-0.3, -0.25) is 9.36 Å². The van der Waals surface area contributed by atoms with Gasteiger partial charge in [0.25, 0.3) is 0 Å². The Balaban J connectivity index is 1.38. The second-order valence-electron chi connectivity index (χ2n) is 7.16. The Bertz CT molecular complexity index is 1490. The van der Waals surface area contributed by atoms with Gasteiger partial charge < -0.3 is 15.3 Å². The lowest BCUT2D eigenvalue weighted by Gasteiger charge is -2.11. The Hall–Kier alpha value is -3.82. The summed E-state index contributed by atoms with van der Waals surface area (Å²) in [6, 6.07) is 22.3. The van der Waals surface area contributed by atoms with Gasteiger partial charge in [0.2, 0.25) is 5.91 Å². The largest absolute Gasteiger partial charge is 0.325 e. The van der Waals surface area contributed by atoms with Crippen molar-refractivity contribution in [2.24, 2.45) is 0 Å². The molecule has 2 aromatic heterocycles. The Morgan fingerprint density at radius 2 is 1.73 bits per heavy atom. The van der Waals surface area contributed by atoms with Crippen LogP contribution < -0.4 is 11.0 Å².